The first-order valence-electron chi connectivity index (χ1n) is 8.98. The molecule has 1 fully saturated rings. The van der Waals surface area contributed by atoms with Crippen LogP contribution in [0.15, 0.2) is 61.2 Å². The summed E-state index contributed by atoms with van der Waals surface area (Å²) < 4.78 is 1.76. The fraction of sp³-hybridized carbons (Fsp3) is 0.300. The Morgan fingerprint density at radius 1 is 1.12 bits per heavy atom. The summed E-state index contributed by atoms with van der Waals surface area (Å²) in [5.41, 5.74) is 1.72. The molecule has 26 heavy (non-hydrogen) atoms. The Morgan fingerprint density at radius 2 is 2.00 bits per heavy atom. The van der Waals surface area contributed by atoms with Gasteiger partial charge in [-0.15, -0.1) is 10.2 Å². The van der Waals surface area contributed by atoms with Crippen LogP contribution in [0.2, 0.25) is 0 Å². The molecule has 1 aromatic carbocycles. The van der Waals surface area contributed by atoms with Gasteiger partial charge in [0.25, 0.3) is 5.91 Å². The molecule has 1 aliphatic rings. The molecule has 3 aromatic rings. The normalized spacial score (nSPS) is 16.8. The van der Waals surface area contributed by atoms with Gasteiger partial charge in [0.2, 0.25) is 0 Å². The topological polar surface area (TPSA) is 63.9 Å². The number of rotatable bonds is 5. The molecule has 0 radical (unpaired) electrons. The molecule has 1 saturated heterocycles. The van der Waals surface area contributed by atoms with E-state index in [9.17, 15) is 4.79 Å². The van der Waals surface area contributed by atoms with Crippen molar-refractivity contribution in [3.05, 3.63) is 72.4 Å². The van der Waals surface area contributed by atoms with Crippen molar-refractivity contribution >= 4 is 5.91 Å². The lowest BCUT2D eigenvalue weighted by Gasteiger charge is -2.24. The standard InChI is InChI=1S/C20H21N5O/c26-20(18-10-11-19(23-22-18)24-14-12-21-15-24)25-13-4-7-17(25)9-8-16-5-2-1-3-6-16/h1-3,5-6,10-12,14-15,17H,4,7-9,13H2/t17-/m1/s1. The maximum absolute atomic E-state index is 12.9. The van der Waals surface area contributed by atoms with Crippen LogP contribution < -0.4 is 0 Å². The van der Waals surface area contributed by atoms with Crippen LogP contribution in [0, 0.1) is 0 Å². The van der Waals surface area contributed by atoms with E-state index < -0.39 is 0 Å². The highest BCUT2D eigenvalue weighted by Crippen LogP contribution is 2.23. The number of hydrogen-bond donors (Lipinski definition) is 0. The molecular formula is C20H21N5O. The van der Waals surface area contributed by atoms with Crippen LogP contribution in [0.5, 0.6) is 0 Å². The SMILES string of the molecule is O=C(c1ccc(-n2ccnc2)nn1)N1CCC[C@@H]1CCc1ccccc1. The summed E-state index contributed by atoms with van der Waals surface area (Å²) in [6, 6.07) is 14.3. The van der Waals surface area contributed by atoms with Crippen molar-refractivity contribution in [1.82, 2.24) is 24.6 Å². The Hall–Kier alpha value is -3.02. The number of hydrogen-bond acceptors (Lipinski definition) is 4. The van der Waals surface area contributed by atoms with Gasteiger partial charge in [0.1, 0.15) is 6.33 Å². The Kier molecular flexibility index (Phi) is 4.73. The molecule has 0 N–H and O–H groups in total. The van der Waals surface area contributed by atoms with E-state index in [-0.39, 0.29) is 11.9 Å². The molecule has 3 heterocycles. The minimum absolute atomic E-state index is 0.0229. The van der Waals surface area contributed by atoms with E-state index in [0.717, 1.165) is 32.2 Å². The summed E-state index contributed by atoms with van der Waals surface area (Å²) >= 11 is 0. The molecule has 6 nitrogen and oxygen atoms in total. The lowest BCUT2D eigenvalue weighted by Crippen LogP contribution is -2.36. The Labute approximate surface area is 152 Å². The third-order valence-corrected chi connectivity index (χ3v) is 4.89. The number of imidazole rings is 1. The molecule has 132 valence electrons. The Morgan fingerprint density at radius 3 is 2.73 bits per heavy atom. The van der Waals surface area contributed by atoms with Crippen LogP contribution in [0.3, 0.4) is 0 Å². The van der Waals surface area contributed by atoms with Crippen LogP contribution >= 0.6 is 0 Å². The number of benzene rings is 1. The van der Waals surface area contributed by atoms with E-state index in [0.29, 0.717) is 11.5 Å². The van der Waals surface area contributed by atoms with E-state index in [1.54, 1.807) is 35.4 Å². The maximum atomic E-state index is 12.9. The number of amides is 1. The summed E-state index contributed by atoms with van der Waals surface area (Å²) in [5.74, 6) is 0.631. The Bertz CT molecular complexity index is 846. The number of carbonyl (C=O) groups is 1. The Balaban J connectivity index is 1.43. The monoisotopic (exact) mass is 347 g/mol. The molecule has 1 aliphatic heterocycles. The third-order valence-electron chi connectivity index (χ3n) is 4.89. The average molecular weight is 347 g/mol. The number of carbonyl (C=O) groups excluding carboxylic acids is 1. The lowest BCUT2D eigenvalue weighted by atomic mass is 10.0. The van der Waals surface area contributed by atoms with Crippen LogP contribution in [0.25, 0.3) is 5.82 Å². The molecule has 0 bridgehead atoms. The highest BCUT2D eigenvalue weighted by molar-refractivity contribution is 5.92. The van der Waals surface area contributed by atoms with Crippen LogP contribution in [-0.4, -0.2) is 43.1 Å². The fourth-order valence-corrected chi connectivity index (χ4v) is 3.50. The molecular weight excluding hydrogens is 326 g/mol. The largest absolute Gasteiger partial charge is 0.334 e. The molecule has 0 saturated carbocycles. The van der Waals surface area contributed by atoms with E-state index in [1.165, 1.54) is 5.56 Å². The predicted octanol–water partition coefficient (Wildman–Crippen LogP) is 2.90. The number of nitrogens with zero attached hydrogens (tertiary/aromatic N) is 5. The summed E-state index contributed by atoms with van der Waals surface area (Å²) in [4.78, 5) is 18.8. The second kappa shape index (κ2) is 7.47. The van der Waals surface area contributed by atoms with E-state index in [2.05, 4.69) is 39.4 Å². The molecule has 2 aromatic heterocycles. The average Bonchev–Trinajstić information content (AvgIpc) is 3.39. The molecule has 0 unspecified atom stereocenters. The lowest BCUT2D eigenvalue weighted by molar-refractivity contribution is 0.0723. The minimum Gasteiger partial charge on any atom is -0.334 e. The molecule has 4 rings (SSSR count). The first kappa shape index (κ1) is 16.4. The zero-order valence-corrected chi connectivity index (χ0v) is 14.5. The quantitative estimate of drug-likeness (QED) is 0.712. The first-order valence-corrected chi connectivity index (χ1v) is 8.98. The zero-order chi connectivity index (χ0) is 17.8. The predicted molar refractivity (Wildman–Crippen MR) is 98.0 cm³/mol. The van der Waals surface area contributed by atoms with Gasteiger partial charge in [-0.2, -0.15) is 0 Å². The van der Waals surface area contributed by atoms with Gasteiger partial charge in [0.15, 0.2) is 11.5 Å². The van der Waals surface area contributed by atoms with Gasteiger partial charge < -0.3 is 4.90 Å². The van der Waals surface area contributed by atoms with Crippen LogP contribution in [0.4, 0.5) is 0 Å². The van der Waals surface area contributed by atoms with E-state index >= 15 is 0 Å². The van der Waals surface area contributed by atoms with Crippen molar-refractivity contribution in [2.45, 2.75) is 31.7 Å². The van der Waals surface area contributed by atoms with E-state index in [4.69, 9.17) is 0 Å². The van der Waals surface area contributed by atoms with Crippen molar-refractivity contribution in [1.29, 1.82) is 0 Å². The molecule has 1 atom stereocenters. The molecule has 0 spiro atoms. The van der Waals surface area contributed by atoms with Crippen molar-refractivity contribution in [2.24, 2.45) is 0 Å². The molecule has 1 amide bonds. The van der Waals surface area contributed by atoms with Gasteiger partial charge in [-0.1, -0.05) is 30.3 Å². The van der Waals surface area contributed by atoms with Crippen molar-refractivity contribution in [3.63, 3.8) is 0 Å². The number of aromatic nitrogens is 4. The highest BCUT2D eigenvalue weighted by atomic mass is 16.2. The number of aryl methyl sites for hydroxylation is 1. The minimum atomic E-state index is -0.0229. The third kappa shape index (κ3) is 3.49. The highest BCUT2D eigenvalue weighted by Gasteiger charge is 2.30. The smallest absolute Gasteiger partial charge is 0.274 e. The van der Waals surface area contributed by atoms with Crippen molar-refractivity contribution in [2.75, 3.05) is 6.54 Å². The van der Waals surface area contributed by atoms with Gasteiger partial charge in [-0.25, -0.2) is 4.98 Å². The maximum Gasteiger partial charge on any atom is 0.274 e. The molecule has 6 heteroatoms. The van der Waals surface area contributed by atoms with Crippen LogP contribution in [-0.2, 0) is 6.42 Å². The van der Waals surface area contributed by atoms with Crippen molar-refractivity contribution < 1.29 is 4.79 Å². The van der Waals surface area contributed by atoms with Crippen LogP contribution in [0.1, 0.15) is 35.3 Å². The van der Waals surface area contributed by atoms with Crippen molar-refractivity contribution in [3.8, 4) is 5.82 Å². The van der Waals surface area contributed by atoms with E-state index in [1.807, 2.05) is 11.0 Å². The van der Waals surface area contributed by atoms with Gasteiger partial charge in [-0.3, -0.25) is 9.36 Å². The fourth-order valence-electron chi connectivity index (χ4n) is 3.50. The summed E-state index contributed by atoms with van der Waals surface area (Å²) in [7, 11) is 0. The van der Waals surface area contributed by atoms with Gasteiger partial charge in [-0.05, 0) is 43.4 Å². The summed E-state index contributed by atoms with van der Waals surface area (Å²) in [6.07, 6.45) is 9.21. The van der Waals surface area contributed by atoms with Gasteiger partial charge in [0, 0.05) is 25.0 Å². The van der Waals surface area contributed by atoms with Gasteiger partial charge in [0.05, 0.1) is 0 Å². The second-order valence-electron chi connectivity index (χ2n) is 6.57. The number of likely N-dealkylation sites (tertiary alicyclic amines) is 1. The first-order chi connectivity index (χ1) is 12.8. The van der Waals surface area contributed by atoms with Gasteiger partial charge >= 0.3 is 0 Å². The second-order valence-corrected chi connectivity index (χ2v) is 6.57. The zero-order valence-electron chi connectivity index (χ0n) is 14.5. The summed E-state index contributed by atoms with van der Waals surface area (Å²) in [6.45, 7) is 0.795. The summed E-state index contributed by atoms with van der Waals surface area (Å²) in [5, 5.41) is 8.30. The molecule has 0 aliphatic carbocycles.